The molecule has 8 heteroatoms. The second-order valence-electron chi connectivity index (χ2n) is 6.44. The molecule has 1 amide bonds. The molecule has 3 rings (SSSR count). The number of hydrogen-bond acceptors (Lipinski definition) is 6. The maximum absolute atomic E-state index is 12.4. The quantitative estimate of drug-likeness (QED) is 0.838. The minimum absolute atomic E-state index is 0.244. The van der Waals surface area contributed by atoms with Gasteiger partial charge < -0.3 is 14.5 Å². The molecule has 2 saturated heterocycles. The maximum Gasteiger partial charge on any atom is 0.223 e. The zero-order chi connectivity index (χ0) is 16.2. The van der Waals surface area contributed by atoms with E-state index in [1.807, 2.05) is 4.90 Å². The van der Waals surface area contributed by atoms with Crippen LogP contribution in [-0.4, -0.2) is 88.9 Å². The van der Waals surface area contributed by atoms with Gasteiger partial charge in [-0.05, 0) is 13.8 Å². The van der Waals surface area contributed by atoms with Crippen molar-refractivity contribution in [2.75, 3.05) is 50.7 Å². The lowest BCUT2D eigenvalue weighted by molar-refractivity contribution is -0.132. The summed E-state index contributed by atoms with van der Waals surface area (Å²) < 4.78 is 5.73. The average Bonchev–Trinajstić information content (AvgIpc) is 3.06. The molecule has 2 atom stereocenters. The van der Waals surface area contributed by atoms with Crippen LogP contribution >= 0.6 is 0 Å². The zero-order valence-corrected chi connectivity index (χ0v) is 13.9. The predicted molar refractivity (Wildman–Crippen MR) is 86.2 cm³/mol. The second-order valence-corrected chi connectivity index (χ2v) is 6.44. The molecule has 8 nitrogen and oxygen atoms in total. The molecule has 128 valence electrons. The van der Waals surface area contributed by atoms with Crippen molar-refractivity contribution in [1.29, 1.82) is 0 Å². The first-order valence-electron chi connectivity index (χ1n) is 8.37. The van der Waals surface area contributed by atoms with Gasteiger partial charge in [-0.25, -0.2) is 5.10 Å². The highest BCUT2D eigenvalue weighted by molar-refractivity contribution is 5.76. The maximum atomic E-state index is 12.4. The number of ether oxygens (including phenoxy) is 1. The molecular formula is C15H26N6O2. The molecule has 0 bridgehead atoms. The Balaban J connectivity index is 1.41. The third-order valence-electron chi connectivity index (χ3n) is 4.47. The van der Waals surface area contributed by atoms with E-state index in [0.717, 1.165) is 51.8 Å². The highest BCUT2D eigenvalue weighted by Crippen LogP contribution is 2.13. The van der Waals surface area contributed by atoms with E-state index < -0.39 is 0 Å². The number of nitrogens with one attached hydrogen (secondary N) is 1. The SMILES string of the molecule is C[C@@H]1CN(CCC(=O)N2CCN(c3ncn[nH]3)CC2)C[C@H](C)O1. The molecule has 0 saturated carbocycles. The van der Waals surface area contributed by atoms with Crippen molar-refractivity contribution in [3.8, 4) is 0 Å². The number of anilines is 1. The standard InChI is InChI=1S/C15H26N6O2/c1-12-9-19(10-13(2)23-12)4-3-14(22)20-5-7-21(8-6-20)15-16-11-17-18-15/h11-13H,3-10H2,1-2H3,(H,16,17,18)/t12-,13+. The van der Waals surface area contributed by atoms with Gasteiger partial charge in [-0.15, -0.1) is 0 Å². The highest BCUT2D eigenvalue weighted by atomic mass is 16.5. The fourth-order valence-electron chi connectivity index (χ4n) is 3.40. The smallest absolute Gasteiger partial charge is 0.223 e. The number of piperazine rings is 1. The Kier molecular flexibility index (Phi) is 5.12. The van der Waals surface area contributed by atoms with Crippen LogP contribution in [0.2, 0.25) is 0 Å². The van der Waals surface area contributed by atoms with Gasteiger partial charge in [0.2, 0.25) is 11.9 Å². The fourth-order valence-corrected chi connectivity index (χ4v) is 3.40. The van der Waals surface area contributed by atoms with E-state index in [1.165, 1.54) is 6.33 Å². The highest BCUT2D eigenvalue weighted by Gasteiger charge is 2.25. The molecule has 0 aliphatic carbocycles. The molecule has 0 aromatic carbocycles. The summed E-state index contributed by atoms with van der Waals surface area (Å²) in [5.41, 5.74) is 0. The largest absolute Gasteiger partial charge is 0.373 e. The Labute approximate surface area is 136 Å². The van der Waals surface area contributed by atoms with Crippen LogP contribution < -0.4 is 4.90 Å². The summed E-state index contributed by atoms with van der Waals surface area (Å²) in [5, 5.41) is 6.74. The number of hydrogen-bond donors (Lipinski definition) is 1. The van der Waals surface area contributed by atoms with Crippen molar-refractivity contribution in [2.45, 2.75) is 32.5 Å². The van der Waals surface area contributed by atoms with E-state index in [-0.39, 0.29) is 18.1 Å². The van der Waals surface area contributed by atoms with Crippen LogP contribution in [0.4, 0.5) is 5.95 Å². The zero-order valence-electron chi connectivity index (χ0n) is 13.9. The minimum atomic E-state index is 0.244. The summed E-state index contributed by atoms with van der Waals surface area (Å²) in [6.07, 6.45) is 2.59. The van der Waals surface area contributed by atoms with Crippen LogP contribution in [-0.2, 0) is 9.53 Å². The lowest BCUT2D eigenvalue weighted by Crippen LogP contribution is -2.50. The molecular weight excluding hydrogens is 296 g/mol. The van der Waals surface area contributed by atoms with Gasteiger partial charge in [0.15, 0.2) is 0 Å². The fraction of sp³-hybridized carbons (Fsp3) is 0.800. The Morgan fingerprint density at radius 1 is 1.26 bits per heavy atom. The van der Waals surface area contributed by atoms with Crippen LogP contribution in [0.15, 0.2) is 6.33 Å². The summed E-state index contributed by atoms with van der Waals surface area (Å²) in [6, 6.07) is 0. The molecule has 0 spiro atoms. The van der Waals surface area contributed by atoms with E-state index >= 15 is 0 Å². The van der Waals surface area contributed by atoms with Gasteiger partial charge in [-0.3, -0.25) is 9.69 Å². The number of aromatic nitrogens is 3. The first-order valence-corrected chi connectivity index (χ1v) is 8.37. The van der Waals surface area contributed by atoms with Gasteiger partial charge in [0.1, 0.15) is 6.33 Å². The van der Waals surface area contributed by atoms with Crippen molar-refractivity contribution in [3.63, 3.8) is 0 Å². The van der Waals surface area contributed by atoms with Gasteiger partial charge in [0.25, 0.3) is 0 Å². The third-order valence-corrected chi connectivity index (χ3v) is 4.47. The van der Waals surface area contributed by atoms with Gasteiger partial charge >= 0.3 is 0 Å². The molecule has 1 N–H and O–H groups in total. The van der Waals surface area contributed by atoms with E-state index in [1.54, 1.807) is 0 Å². The number of aromatic amines is 1. The number of carbonyl (C=O) groups is 1. The first kappa shape index (κ1) is 16.2. The Hall–Kier alpha value is -1.67. The topological polar surface area (TPSA) is 77.6 Å². The van der Waals surface area contributed by atoms with E-state index in [9.17, 15) is 4.79 Å². The van der Waals surface area contributed by atoms with Gasteiger partial charge in [-0.1, -0.05) is 0 Å². The molecule has 2 fully saturated rings. The molecule has 1 aromatic heterocycles. The summed E-state index contributed by atoms with van der Waals surface area (Å²) >= 11 is 0. The van der Waals surface area contributed by atoms with Crippen molar-refractivity contribution in [2.24, 2.45) is 0 Å². The summed E-state index contributed by atoms with van der Waals surface area (Å²) in [4.78, 5) is 23.0. The normalized spacial score (nSPS) is 26.5. The molecule has 2 aliphatic rings. The second kappa shape index (κ2) is 7.27. The van der Waals surface area contributed by atoms with E-state index in [4.69, 9.17) is 4.74 Å². The molecule has 1 aromatic rings. The van der Waals surface area contributed by atoms with E-state index in [2.05, 4.69) is 38.8 Å². The van der Waals surface area contributed by atoms with Crippen molar-refractivity contribution in [3.05, 3.63) is 6.33 Å². The summed E-state index contributed by atoms with van der Waals surface area (Å²) in [7, 11) is 0. The number of morpholine rings is 1. The Morgan fingerprint density at radius 3 is 2.57 bits per heavy atom. The molecule has 2 aliphatic heterocycles. The van der Waals surface area contributed by atoms with Crippen LogP contribution in [0.5, 0.6) is 0 Å². The van der Waals surface area contributed by atoms with Gasteiger partial charge in [-0.2, -0.15) is 10.1 Å². The monoisotopic (exact) mass is 322 g/mol. The Morgan fingerprint density at radius 2 is 1.96 bits per heavy atom. The predicted octanol–water partition coefficient (Wildman–Crippen LogP) is -0.0474. The lowest BCUT2D eigenvalue weighted by atomic mass is 10.2. The third kappa shape index (κ3) is 4.20. The number of nitrogens with zero attached hydrogens (tertiary/aromatic N) is 5. The van der Waals surface area contributed by atoms with Crippen molar-refractivity contribution in [1.82, 2.24) is 25.0 Å². The Bertz CT molecular complexity index is 490. The number of carbonyl (C=O) groups excluding carboxylic acids is 1. The summed E-state index contributed by atoms with van der Waals surface area (Å²) in [6.45, 7) is 9.91. The molecule has 0 unspecified atom stereocenters. The number of H-pyrrole nitrogens is 1. The van der Waals surface area contributed by atoms with Crippen LogP contribution in [0.3, 0.4) is 0 Å². The molecule has 3 heterocycles. The lowest BCUT2D eigenvalue weighted by Gasteiger charge is -2.37. The van der Waals surface area contributed by atoms with Crippen molar-refractivity contribution >= 4 is 11.9 Å². The minimum Gasteiger partial charge on any atom is -0.373 e. The first-order chi connectivity index (χ1) is 11.1. The van der Waals surface area contributed by atoms with Crippen LogP contribution in [0.1, 0.15) is 20.3 Å². The molecule has 23 heavy (non-hydrogen) atoms. The van der Waals surface area contributed by atoms with Crippen LogP contribution in [0, 0.1) is 0 Å². The van der Waals surface area contributed by atoms with Gasteiger partial charge in [0.05, 0.1) is 12.2 Å². The van der Waals surface area contributed by atoms with Crippen molar-refractivity contribution < 1.29 is 9.53 Å². The van der Waals surface area contributed by atoms with E-state index in [0.29, 0.717) is 6.42 Å². The average molecular weight is 322 g/mol. The number of amides is 1. The summed E-state index contributed by atoms with van der Waals surface area (Å²) in [5.74, 6) is 1.03. The molecule has 0 radical (unpaired) electrons. The van der Waals surface area contributed by atoms with Gasteiger partial charge in [0, 0.05) is 52.2 Å². The number of rotatable bonds is 4. The van der Waals surface area contributed by atoms with Crippen LogP contribution in [0.25, 0.3) is 0 Å².